The van der Waals surface area contributed by atoms with Crippen LogP contribution >= 0.6 is 0 Å². The number of phenols is 1. The predicted octanol–water partition coefficient (Wildman–Crippen LogP) is 3.20. The van der Waals surface area contributed by atoms with Crippen LogP contribution in [0.2, 0.25) is 0 Å². The van der Waals surface area contributed by atoms with E-state index in [2.05, 4.69) is 26.6 Å². The Morgan fingerprint density at radius 3 is 1.33 bits per heavy atom. The molecule has 0 radical (unpaired) electrons. The highest BCUT2D eigenvalue weighted by atomic mass is 16.4. The summed E-state index contributed by atoms with van der Waals surface area (Å²) in [6.45, 7) is 7.08. The van der Waals surface area contributed by atoms with Crippen LogP contribution < -0.4 is 32.3 Å². The molecule has 0 heterocycles. The molecule has 0 aliphatic carbocycles. The molecule has 4 aromatic rings. The van der Waals surface area contributed by atoms with Gasteiger partial charge in [0.2, 0.25) is 29.5 Å². The van der Waals surface area contributed by atoms with Crippen molar-refractivity contribution in [1.82, 2.24) is 26.6 Å². The summed E-state index contributed by atoms with van der Waals surface area (Å²) < 4.78 is 0. The van der Waals surface area contributed by atoms with Crippen LogP contribution in [0.25, 0.3) is 0 Å². The third-order valence-electron chi connectivity index (χ3n) is 10.5. The summed E-state index contributed by atoms with van der Waals surface area (Å²) in [4.78, 5) is 81.8. The number of carbonyl (C=O) groups excluding carboxylic acids is 5. The van der Waals surface area contributed by atoms with Gasteiger partial charge in [0.25, 0.3) is 0 Å². The molecule has 4 aromatic carbocycles. The van der Waals surface area contributed by atoms with E-state index in [1.165, 1.54) is 12.1 Å². The lowest BCUT2D eigenvalue weighted by molar-refractivity contribution is -0.142. The molecule has 7 atom stereocenters. The van der Waals surface area contributed by atoms with Crippen LogP contribution in [0.3, 0.4) is 0 Å². The van der Waals surface area contributed by atoms with Gasteiger partial charge in [-0.1, -0.05) is 137 Å². The lowest BCUT2D eigenvalue weighted by atomic mass is 9.95. The third-order valence-corrected chi connectivity index (χ3v) is 10.5. The first-order valence-corrected chi connectivity index (χ1v) is 20.5. The van der Waals surface area contributed by atoms with E-state index in [0.29, 0.717) is 17.5 Å². The third kappa shape index (κ3) is 14.9. The van der Waals surface area contributed by atoms with Gasteiger partial charge in [-0.2, -0.15) is 0 Å². The molecule has 9 N–H and O–H groups in total. The van der Waals surface area contributed by atoms with Crippen molar-refractivity contribution in [2.45, 2.75) is 96.1 Å². The predicted molar refractivity (Wildman–Crippen MR) is 232 cm³/mol. The lowest BCUT2D eigenvalue weighted by Gasteiger charge is -2.30. The van der Waals surface area contributed by atoms with Gasteiger partial charge in [-0.25, -0.2) is 4.79 Å². The van der Waals surface area contributed by atoms with Crippen molar-refractivity contribution in [3.63, 3.8) is 0 Å². The summed E-state index contributed by atoms with van der Waals surface area (Å²) >= 11 is 0. The number of amides is 5. The van der Waals surface area contributed by atoms with Gasteiger partial charge in [-0.05, 0) is 52.6 Å². The zero-order chi connectivity index (χ0) is 44.5. The normalized spacial score (nSPS) is 14.5. The zero-order valence-corrected chi connectivity index (χ0v) is 35.0. The minimum atomic E-state index is -1.36. The van der Waals surface area contributed by atoms with Crippen LogP contribution in [0, 0.1) is 11.8 Å². The van der Waals surface area contributed by atoms with Crippen LogP contribution in [0.5, 0.6) is 5.75 Å². The minimum absolute atomic E-state index is 0.00598. The number of carboxylic acids is 1. The average molecular weight is 835 g/mol. The van der Waals surface area contributed by atoms with Gasteiger partial charge in [0.15, 0.2) is 0 Å². The first-order chi connectivity index (χ1) is 29.1. The molecule has 324 valence electrons. The molecule has 0 spiro atoms. The van der Waals surface area contributed by atoms with E-state index in [4.69, 9.17) is 5.73 Å². The summed E-state index contributed by atoms with van der Waals surface area (Å²) in [6.07, 6.45) is 0.741. The van der Waals surface area contributed by atoms with Crippen molar-refractivity contribution in [3.05, 3.63) is 138 Å². The van der Waals surface area contributed by atoms with Gasteiger partial charge in [-0.15, -0.1) is 0 Å². The highest BCUT2D eigenvalue weighted by molar-refractivity contribution is 5.96. The van der Waals surface area contributed by atoms with E-state index in [1.807, 2.05) is 67.6 Å². The van der Waals surface area contributed by atoms with Crippen molar-refractivity contribution in [1.29, 1.82) is 0 Å². The summed E-state index contributed by atoms with van der Waals surface area (Å²) in [6, 6.07) is 26.2. The van der Waals surface area contributed by atoms with Crippen molar-refractivity contribution in [2.75, 3.05) is 0 Å². The van der Waals surface area contributed by atoms with Gasteiger partial charge in [0.05, 0.1) is 6.04 Å². The standard InChI is InChI=1S/C47H58N6O8/c1-5-30(4)41(46(59)50-37(26-32-17-11-7-12-18-32)43(56)51-39(47(60)61)28-34-21-23-35(54)24-22-34)53-45(58)40(29(2)3)52-44(57)38(27-33-19-13-8-14-20-33)49-42(55)36(48)25-31-15-9-6-10-16-31/h6-24,29-30,36-41,54H,5,25-28,48H2,1-4H3,(H,49,55)(H,50,59)(H,51,56)(H,52,57)(H,53,58)(H,60,61)/t30-,36-,37-,38-,39-,40-,41-/m0/s1. The molecular formula is C47H58N6O8. The number of benzene rings is 4. The first-order valence-electron chi connectivity index (χ1n) is 20.5. The fraction of sp³-hybridized carbons (Fsp3) is 0.362. The molecule has 14 nitrogen and oxygen atoms in total. The Balaban J connectivity index is 1.52. The van der Waals surface area contributed by atoms with Gasteiger partial charge in [0.1, 0.15) is 36.0 Å². The zero-order valence-electron chi connectivity index (χ0n) is 35.0. The van der Waals surface area contributed by atoms with Crippen molar-refractivity contribution in [3.8, 4) is 5.75 Å². The fourth-order valence-electron chi connectivity index (χ4n) is 6.69. The van der Waals surface area contributed by atoms with E-state index >= 15 is 0 Å². The molecule has 4 rings (SSSR count). The minimum Gasteiger partial charge on any atom is -0.508 e. The van der Waals surface area contributed by atoms with Gasteiger partial charge in [0, 0.05) is 19.3 Å². The van der Waals surface area contributed by atoms with Crippen LogP contribution in [0.1, 0.15) is 56.4 Å². The van der Waals surface area contributed by atoms with E-state index in [1.54, 1.807) is 63.2 Å². The molecule has 0 aliphatic heterocycles. The highest BCUT2D eigenvalue weighted by Gasteiger charge is 2.35. The van der Waals surface area contributed by atoms with E-state index in [0.717, 1.165) is 11.1 Å². The second-order valence-electron chi connectivity index (χ2n) is 15.7. The van der Waals surface area contributed by atoms with Crippen LogP contribution in [-0.4, -0.2) is 82.0 Å². The van der Waals surface area contributed by atoms with E-state index < -0.39 is 83.6 Å². The molecule has 61 heavy (non-hydrogen) atoms. The Morgan fingerprint density at radius 1 is 0.492 bits per heavy atom. The highest BCUT2D eigenvalue weighted by Crippen LogP contribution is 2.15. The van der Waals surface area contributed by atoms with Gasteiger partial charge in [-0.3, -0.25) is 24.0 Å². The molecule has 0 fully saturated rings. The quantitative estimate of drug-likeness (QED) is 0.0581. The number of hydrogen-bond acceptors (Lipinski definition) is 8. The number of phenolic OH excluding ortho intramolecular Hbond substituents is 1. The monoisotopic (exact) mass is 834 g/mol. The SMILES string of the molecule is CC[C@H](C)[C@H](NC(=O)[C@@H](NC(=O)[C@H](Cc1ccccc1)NC(=O)[C@@H](N)Cc1ccccc1)C(C)C)C(=O)N[C@@H](Cc1ccccc1)C(=O)N[C@@H](Cc1ccc(O)cc1)C(=O)O. The molecule has 0 aromatic heterocycles. The number of hydrogen-bond donors (Lipinski definition) is 8. The topological polar surface area (TPSA) is 229 Å². The summed E-state index contributed by atoms with van der Waals surface area (Å²) in [7, 11) is 0. The average Bonchev–Trinajstić information content (AvgIpc) is 3.25. The number of nitrogens with one attached hydrogen (secondary N) is 5. The number of rotatable bonds is 22. The summed E-state index contributed by atoms with van der Waals surface area (Å²) in [5.74, 6) is -5.44. The van der Waals surface area contributed by atoms with E-state index in [-0.39, 0.29) is 31.4 Å². The van der Waals surface area contributed by atoms with Crippen LogP contribution in [0.4, 0.5) is 0 Å². The molecule has 0 bridgehead atoms. The largest absolute Gasteiger partial charge is 0.508 e. The Morgan fingerprint density at radius 2 is 0.869 bits per heavy atom. The second kappa shape index (κ2) is 23.3. The molecule has 0 saturated heterocycles. The van der Waals surface area contributed by atoms with Gasteiger partial charge < -0.3 is 42.5 Å². The maximum atomic E-state index is 14.2. The first kappa shape index (κ1) is 47.1. The molecule has 0 unspecified atom stereocenters. The second-order valence-corrected chi connectivity index (χ2v) is 15.7. The molecule has 5 amide bonds. The van der Waals surface area contributed by atoms with Crippen LogP contribution in [-0.2, 0) is 54.5 Å². The Hall–Kier alpha value is -6.54. The maximum absolute atomic E-state index is 14.2. The van der Waals surface area contributed by atoms with Crippen molar-refractivity contribution in [2.24, 2.45) is 17.6 Å². The fourth-order valence-corrected chi connectivity index (χ4v) is 6.69. The molecule has 14 heteroatoms. The lowest BCUT2D eigenvalue weighted by Crippen LogP contribution is -2.61. The Kier molecular flexibility index (Phi) is 18.0. The number of carbonyl (C=O) groups is 6. The summed E-state index contributed by atoms with van der Waals surface area (Å²) in [5.41, 5.74) is 9.15. The number of carboxylic acid groups (broad SMARTS) is 1. The van der Waals surface area contributed by atoms with E-state index in [9.17, 15) is 39.0 Å². The van der Waals surface area contributed by atoms with Crippen molar-refractivity contribution < 1.29 is 39.0 Å². The van der Waals surface area contributed by atoms with Gasteiger partial charge >= 0.3 is 5.97 Å². The van der Waals surface area contributed by atoms with Crippen molar-refractivity contribution >= 4 is 35.5 Å². The Bertz CT molecular complexity index is 2050. The smallest absolute Gasteiger partial charge is 0.326 e. The molecule has 0 saturated carbocycles. The molecular weight excluding hydrogens is 777 g/mol. The molecule has 0 aliphatic rings. The number of nitrogens with two attached hydrogens (primary N) is 1. The maximum Gasteiger partial charge on any atom is 0.326 e. The summed E-state index contributed by atoms with van der Waals surface area (Å²) in [5, 5.41) is 33.4. The Labute approximate surface area is 357 Å². The number of aliphatic carboxylic acids is 1. The number of aromatic hydroxyl groups is 1. The van der Waals surface area contributed by atoms with Crippen LogP contribution in [0.15, 0.2) is 115 Å².